The summed E-state index contributed by atoms with van der Waals surface area (Å²) < 4.78 is -0.506. The topological polar surface area (TPSA) is 37.4 Å². The molecule has 4 heteroatoms. The highest BCUT2D eigenvalue weighted by Gasteiger charge is 2.53. The van der Waals surface area contributed by atoms with Gasteiger partial charge in [0.05, 0.1) is 5.69 Å². The summed E-state index contributed by atoms with van der Waals surface area (Å²) in [7, 11) is 1.82. The Morgan fingerprint density at radius 3 is 2.70 bits per heavy atom. The van der Waals surface area contributed by atoms with Crippen LogP contribution in [-0.2, 0) is 9.59 Å². The summed E-state index contributed by atoms with van der Waals surface area (Å²) in [5.41, 5.74) is 0.956. The Balaban J connectivity index is 2.02. The van der Waals surface area contributed by atoms with Crippen LogP contribution in [0, 0.1) is 11.8 Å². The lowest BCUT2D eigenvalue weighted by atomic mass is 9.98. The second-order valence-corrected chi connectivity index (χ2v) is 6.96. The van der Waals surface area contributed by atoms with Crippen molar-refractivity contribution in [2.24, 2.45) is 11.8 Å². The molecule has 104 valence electrons. The quantitative estimate of drug-likeness (QED) is 0.620. The van der Waals surface area contributed by atoms with Crippen LogP contribution in [0.2, 0.25) is 0 Å². The lowest BCUT2D eigenvalue weighted by Crippen LogP contribution is -2.46. The lowest BCUT2D eigenvalue weighted by Gasteiger charge is -2.38. The number of thioether (sulfide) groups is 1. The number of fused-ring (bicyclic) bond motifs is 1. The van der Waals surface area contributed by atoms with Crippen molar-refractivity contribution in [3.63, 3.8) is 0 Å². The number of amides is 1. The number of anilines is 1. The third-order valence-corrected chi connectivity index (χ3v) is 5.85. The molecule has 1 aromatic carbocycles. The predicted molar refractivity (Wildman–Crippen MR) is 80.9 cm³/mol. The minimum atomic E-state index is -0.506. The Labute approximate surface area is 123 Å². The van der Waals surface area contributed by atoms with E-state index < -0.39 is 4.75 Å². The zero-order chi connectivity index (χ0) is 14.3. The van der Waals surface area contributed by atoms with Crippen LogP contribution < -0.4 is 4.90 Å². The summed E-state index contributed by atoms with van der Waals surface area (Å²) in [6.07, 6.45) is 4.11. The number of allylic oxidation sites excluding steroid dienone is 1. The first-order valence-electron chi connectivity index (χ1n) is 6.75. The Kier molecular flexibility index (Phi) is 3.21. The van der Waals surface area contributed by atoms with Crippen molar-refractivity contribution < 1.29 is 9.59 Å². The van der Waals surface area contributed by atoms with Gasteiger partial charge >= 0.3 is 0 Å². The molecule has 0 aromatic heterocycles. The number of para-hydroxylation sites is 1. The lowest BCUT2D eigenvalue weighted by molar-refractivity contribution is -0.120. The number of benzene rings is 1. The highest BCUT2D eigenvalue weighted by atomic mass is 32.2. The van der Waals surface area contributed by atoms with Crippen molar-refractivity contribution in [1.82, 2.24) is 0 Å². The standard InChI is InChI=1S/C16H17NO2S/c1-3-11-8-16(9-12(11)10-18)15(19)17(2)13-6-4-5-7-14(13)20-16/h3-7,10-12H,1,8-9H2,2H3. The van der Waals surface area contributed by atoms with Crippen LogP contribution in [0.25, 0.3) is 0 Å². The average Bonchev–Trinajstić information content (AvgIpc) is 2.84. The Morgan fingerprint density at radius 2 is 2.05 bits per heavy atom. The fourth-order valence-corrected chi connectivity index (χ4v) is 4.96. The first-order valence-corrected chi connectivity index (χ1v) is 7.57. The van der Waals surface area contributed by atoms with Crippen LogP contribution in [0.1, 0.15) is 12.8 Å². The number of aldehydes is 1. The molecular weight excluding hydrogens is 270 g/mol. The van der Waals surface area contributed by atoms with Gasteiger partial charge in [0.2, 0.25) is 5.91 Å². The van der Waals surface area contributed by atoms with E-state index in [4.69, 9.17) is 0 Å². The fraction of sp³-hybridized carbons (Fsp3) is 0.375. The summed E-state index contributed by atoms with van der Waals surface area (Å²) in [5.74, 6) is 0.114. The van der Waals surface area contributed by atoms with Crippen molar-refractivity contribution in [3.05, 3.63) is 36.9 Å². The molecule has 1 heterocycles. The fourth-order valence-electron chi connectivity index (χ4n) is 3.30. The number of nitrogens with zero attached hydrogens (tertiary/aromatic N) is 1. The van der Waals surface area contributed by atoms with Crippen LogP contribution in [0.15, 0.2) is 41.8 Å². The van der Waals surface area contributed by atoms with Gasteiger partial charge in [-0.1, -0.05) is 18.2 Å². The molecule has 0 bridgehead atoms. The van der Waals surface area contributed by atoms with Crippen LogP contribution in [0.5, 0.6) is 0 Å². The molecule has 1 saturated carbocycles. The molecule has 3 atom stereocenters. The molecule has 1 aliphatic heterocycles. The third kappa shape index (κ3) is 1.82. The van der Waals surface area contributed by atoms with E-state index in [0.29, 0.717) is 12.8 Å². The monoisotopic (exact) mass is 287 g/mol. The number of hydrogen-bond donors (Lipinski definition) is 0. The minimum absolute atomic E-state index is 0.0948. The van der Waals surface area contributed by atoms with Gasteiger partial charge in [-0.3, -0.25) is 4.79 Å². The van der Waals surface area contributed by atoms with Gasteiger partial charge in [0.1, 0.15) is 11.0 Å². The Hall–Kier alpha value is -1.55. The molecule has 2 aliphatic rings. The summed E-state index contributed by atoms with van der Waals surface area (Å²) in [6, 6.07) is 7.93. The molecule has 1 aromatic rings. The maximum atomic E-state index is 12.8. The van der Waals surface area contributed by atoms with E-state index in [-0.39, 0.29) is 17.7 Å². The molecule has 20 heavy (non-hydrogen) atoms. The number of hydrogen-bond acceptors (Lipinski definition) is 3. The summed E-state index contributed by atoms with van der Waals surface area (Å²) in [6.45, 7) is 3.81. The van der Waals surface area contributed by atoms with Gasteiger partial charge in [0.25, 0.3) is 0 Å². The number of carbonyl (C=O) groups excluding carboxylic acids is 2. The molecular formula is C16H17NO2S. The SMILES string of the molecule is C=CC1CC2(CC1C=O)Sc1ccccc1N(C)C2=O. The van der Waals surface area contributed by atoms with Crippen molar-refractivity contribution >= 4 is 29.6 Å². The zero-order valence-electron chi connectivity index (χ0n) is 11.4. The van der Waals surface area contributed by atoms with Gasteiger partial charge in [-0.25, -0.2) is 0 Å². The summed E-state index contributed by atoms with van der Waals surface area (Å²) in [5, 5.41) is 0. The van der Waals surface area contributed by atoms with Gasteiger partial charge in [0, 0.05) is 17.9 Å². The Morgan fingerprint density at radius 1 is 1.35 bits per heavy atom. The second kappa shape index (κ2) is 4.77. The molecule has 0 radical (unpaired) electrons. The van der Waals surface area contributed by atoms with Crippen LogP contribution >= 0.6 is 11.8 Å². The van der Waals surface area contributed by atoms with Gasteiger partial charge in [-0.15, -0.1) is 18.3 Å². The van der Waals surface area contributed by atoms with Crippen molar-refractivity contribution in [1.29, 1.82) is 0 Å². The molecule has 1 amide bonds. The maximum absolute atomic E-state index is 12.8. The first-order chi connectivity index (χ1) is 9.61. The summed E-state index contributed by atoms with van der Waals surface area (Å²) >= 11 is 1.62. The minimum Gasteiger partial charge on any atom is -0.313 e. The molecule has 1 aliphatic carbocycles. The zero-order valence-corrected chi connectivity index (χ0v) is 12.2. The molecule has 1 spiro atoms. The van der Waals surface area contributed by atoms with Gasteiger partial charge < -0.3 is 9.69 Å². The van der Waals surface area contributed by atoms with E-state index in [1.54, 1.807) is 16.7 Å². The largest absolute Gasteiger partial charge is 0.313 e. The van der Waals surface area contributed by atoms with E-state index in [1.807, 2.05) is 37.4 Å². The molecule has 3 nitrogen and oxygen atoms in total. The van der Waals surface area contributed by atoms with Crippen LogP contribution in [-0.4, -0.2) is 24.0 Å². The first kappa shape index (κ1) is 13.4. The van der Waals surface area contributed by atoms with E-state index >= 15 is 0 Å². The maximum Gasteiger partial charge on any atom is 0.243 e. The smallest absolute Gasteiger partial charge is 0.243 e. The van der Waals surface area contributed by atoms with Gasteiger partial charge in [0.15, 0.2) is 0 Å². The molecule has 0 N–H and O–H groups in total. The molecule has 1 fully saturated rings. The summed E-state index contributed by atoms with van der Waals surface area (Å²) in [4.78, 5) is 26.9. The van der Waals surface area contributed by atoms with Gasteiger partial charge in [-0.2, -0.15) is 0 Å². The number of rotatable bonds is 2. The van der Waals surface area contributed by atoms with Crippen molar-refractivity contribution in [3.8, 4) is 0 Å². The average molecular weight is 287 g/mol. The van der Waals surface area contributed by atoms with Crippen LogP contribution in [0.4, 0.5) is 5.69 Å². The van der Waals surface area contributed by atoms with Crippen molar-refractivity contribution in [2.45, 2.75) is 22.5 Å². The third-order valence-electron chi connectivity index (χ3n) is 4.38. The highest BCUT2D eigenvalue weighted by molar-refractivity contribution is 8.01. The van der Waals surface area contributed by atoms with Crippen LogP contribution in [0.3, 0.4) is 0 Å². The van der Waals surface area contributed by atoms with E-state index in [9.17, 15) is 9.59 Å². The van der Waals surface area contributed by atoms with E-state index in [1.165, 1.54) is 0 Å². The molecule has 3 unspecified atom stereocenters. The normalized spacial score (nSPS) is 32.2. The predicted octanol–water partition coefficient (Wildman–Crippen LogP) is 2.91. The van der Waals surface area contributed by atoms with E-state index in [2.05, 4.69) is 6.58 Å². The van der Waals surface area contributed by atoms with Crippen molar-refractivity contribution in [2.75, 3.05) is 11.9 Å². The van der Waals surface area contributed by atoms with Gasteiger partial charge in [-0.05, 0) is 30.9 Å². The Bertz CT molecular complexity index is 568. The number of carbonyl (C=O) groups is 2. The second-order valence-electron chi connectivity index (χ2n) is 5.54. The van der Waals surface area contributed by atoms with E-state index in [0.717, 1.165) is 16.9 Å². The highest BCUT2D eigenvalue weighted by Crippen LogP contribution is 2.55. The molecule has 0 saturated heterocycles. The molecule has 3 rings (SSSR count).